The lowest BCUT2D eigenvalue weighted by Gasteiger charge is -2.25. The lowest BCUT2D eigenvalue weighted by atomic mass is 10.1. The topological polar surface area (TPSA) is 62.7 Å². The number of aromatic nitrogens is 1. The summed E-state index contributed by atoms with van der Waals surface area (Å²) in [6, 6.07) is 15.5. The van der Waals surface area contributed by atoms with E-state index in [1.807, 2.05) is 37.3 Å². The maximum atomic E-state index is 11.6. The molecule has 1 aromatic heterocycles. The van der Waals surface area contributed by atoms with Gasteiger partial charge in [-0.15, -0.1) is 0 Å². The molecule has 0 amide bonds. The van der Waals surface area contributed by atoms with Crippen molar-refractivity contribution in [2.75, 3.05) is 20.3 Å². The van der Waals surface area contributed by atoms with Crippen LogP contribution in [0, 0.1) is 5.92 Å². The van der Waals surface area contributed by atoms with Crippen LogP contribution in [0.25, 0.3) is 0 Å². The van der Waals surface area contributed by atoms with Crippen LogP contribution >= 0.6 is 0 Å². The number of hydrogen-bond donors (Lipinski definition) is 1. The number of ether oxygens (including phenoxy) is 1. The molecule has 2 rings (SSSR count). The van der Waals surface area contributed by atoms with Crippen LogP contribution < -0.4 is 0 Å². The zero-order valence-electron chi connectivity index (χ0n) is 14.2. The first-order valence-electron chi connectivity index (χ1n) is 8.03. The molecule has 1 atom stereocenters. The molecule has 0 spiro atoms. The van der Waals surface area contributed by atoms with Crippen molar-refractivity contribution in [3.8, 4) is 0 Å². The average molecular weight is 328 g/mol. The third-order valence-corrected chi connectivity index (χ3v) is 3.72. The largest absolute Gasteiger partial charge is 0.464 e. The van der Waals surface area contributed by atoms with Crippen LogP contribution in [0.4, 0.5) is 0 Å². The van der Waals surface area contributed by atoms with Crippen LogP contribution in [0.2, 0.25) is 0 Å². The molecule has 0 fully saturated rings. The van der Waals surface area contributed by atoms with Crippen LogP contribution in [-0.2, 0) is 17.8 Å². The summed E-state index contributed by atoms with van der Waals surface area (Å²) < 4.78 is 4.73. The summed E-state index contributed by atoms with van der Waals surface area (Å²) in [6.07, 6.45) is 0. The minimum atomic E-state index is -0.435. The van der Waals surface area contributed by atoms with Gasteiger partial charge in [0.15, 0.2) is 0 Å². The highest BCUT2D eigenvalue weighted by Crippen LogP contribution is 2.12. The molecule has 0 bridgehead atoms. The highest BCUT2D eigenvalue weighted by molar-refractivity contribution is 5.87. The number of methoxy groups -OCH3 is 1. The number of aliphatic hydroxyl groups excluding tert-OH is 1. The maximum Gasteiger partial charge on any atom is 0.356 e. The van der Waals surface area contributed by atoms with Gasteiger partial charge in [-0.1, -0.05) is 43.3 Å². The van der Waals surface area contributed by atoms with Gasteiger partial charge < -0.3 is 9.84 Å². The second-order valence-corrected chi connectivity index (χ2v) is 5.95. The summed E-state index contributed by atoms with van der Waals surface area (Å²) in [6.45, 7) is 4.26. The number of rotatable bonds is 8. The first kappa shape index (κ1) is 18.1. The van der Waals surface area contributed by atoms with E-state index < -0.39 is 5.97 Å². The number of carbonyl (C=O) groups excluding carboxylic acids is 1. The van der Waals surface area contributed by atoms with E-state index in [2.05, 4.69) is 22.0 Å². The number of hydrogen-bond acceptors (Lipinski definition) is 5. The lowest BCUT2D eigenvalue weighted by Crippen LogP contribution is -2.29. The molecule has 0 saturated heterocycles. The van der Waals surface area contributed by atoms with Gasteiger partial charge in [0.25, 0.3) is 0 Å². The fourth-order valence-electron chi connectivity index (χ4n) is 2.54. The first-order chi connectivity index (χ1) is 11.6. The molecule has 24 heavy (non-hydrogen) atoms. The number of aliphatic hydroxyl groups is 1. The molecule has 5 nitrogen and oxygen atoms in total. The molecule has 0 aliphatic rings. The fourth-order valence-corrected chi connectivity index (χ4v) is 2.54. The van der Waals surface area contributed by atoms with Crippen LogP contribution in [0.1, 0.15) is 28.7 Å². The Hall–Kier alpha value is -2.24. The van der Waals surface area contributed by atoms with E-state index in [-0.39, 0.29) is 12.5 Å². The highest BCUT2D eigenvalue weighted by atomic mass is 16.5. The summed E-state index contributed by atoms with van der Waals surface area (Å²) in [5, 5.41) is 9.36. The van der Waals surface area contributed by atoms with E-state index in [1.165, 1.54) is 12.7 Å². The molecule has 0 saturated carbocycles. The lowest BCUT2D eigenvalue weighted by molar-refractivity contribution is 0.0593. The zero-order valence-corrected chi connectivity index (χ0v) is 14.2. The molecule has 1 heterocycles. The van der Waals surface area contributed by atoms with Gasteiger partial charge in [0.2, 0.25) is 0 Å². The molecular formula is C19H24N2O3. The molecule has 1 N–H and O–H groups in total. The normalized spacial score (nSPS) is 12.2. The number of pyridine rings is 1. The quantitative estimate of drug-likeness (QED) is 0.754. The van der Waals surface area contributed by atoms with Gasteiger partial charge in [-0.2, -0.15) is 0 Å². The van der Waals surface area contributed by atoms with Gasteiger partial charge in [0.05, 0.1) is 12.8 Å². The third kappa shape index (κ3) is 5.44. The average Bonchev–Trinajstić information content (AvgIpc) is 2.62. The van der Waals surface area contributed by atoms with E-state index in [0.717, 1.165) is 18.8 Å². The highest BCUT2D eigenvalue weighted by Gasteiger charge is 2.14. The predicted octanol–water partition coefficient (Wildman–Crippen LogP) is 2.50. The SMILES string of the molecule is COC(=O)c1cccc(CN(Cc2ccccc2)C[C@@H](C)CO)n1. The van der Waals surface area contributed by atoms with Crippen LogP contribution in [0.15, 0.2) is 48.5 Å². The summed E-state index contributed by atoms with van der Waals surface area (Å²) in [5.74, 6) is -0.271. The van der Waals surface area contributed by atoms with Crippen molar-refractivity contribution in [1.29, 1.82) is 0 Å². The molecule has 1 aromatic carbocycles. The van der Waals surface area contributed by atoms with Gasteiger partial charge in [-0.25, -0.2) is 9.78 Å². The number of carbonyl (C=O) groups is 1. The molecule has 5 heteroatoms. The van der Waals surface area contributed by atoms with Crippen molar-refractivity contribution in [3.63, 3.8) is 0 Å². The second kappa shape index (κ2) is 9.15. The van der Waals surface area contributed by atoms with Gasteiger partial charge in [0, 0.05) is 26.2 Å². The smallest absolute Gasteiger partial charge is 0.356 e. The molecule has 0 aliphatic carbocycles. The monoisotopic (exact) mass is 328 g/mol. The standard InChI is InChI=1S/C19H24N2O3/c1-15(14-22)11-21(12-16-7-4-3-5-8-16)13-17-9-6-10-18(20-17)19(23)24-2/h3-10,15,22H,11-14H2,1-2H3/t15-/m1/s1. The molecule has 128 valence electrons. The van der Waals surface area contributed by atoms with Crippen LogP contribution in [0.3, 0.4) is 0 Å². The number of benzene rings is 1. The molecule has 0 unspecified atom stereocenters. The Morgan fingerprint density at radius 3 is 2.58 bits per heavy atom. The predicted molar refractivity (Wildman–Crippen MR) is 92.4 cm³/mol. The van der Waals surface area contributed by atoms with Gasteiger partial charge in [-0.05, 0) is 23.6 Å². The van der Waals surface area contributed by atoms with E-state index in [1.54, 1.807) is 6.07 Å². The first-order valence-corrected chi connectivity index (χ1v) is 8.03. The Labute approximate surface area is 142 Å². The summed E-state index contributed by atoms with van der Waals surface area (Å²) in [4.78, 5) is 18.2. The number of nitrogens with zero attached hydrogens (tertiary/aromatic N) is 2. The minimum absolute atomic E-state index is 0.140. The van der Waals surface area contributed by atoms with E-state index in [9.17, 15) is 9.90 Å². The van der Waals surface area contributed by atoms with Gasteiger partial charge in [0.1, 0.15) is 5.69 Å². The van der Waals surface area contributed by atoms with Crippen LogP contribution in [0.5, 0.6) is 0 Å². The maximum absolute atomic E-state index is 11.6. The van der Waals surface area contributed by atoms with Crippen LogP contribution in [-0.4, -0.2) is 41.2 Å². The Morgan fingerprint density at radius 1 is 1.17 bits per heavy atom. The van der Waals surface area contributed by atoms with E-state index in [4.69, 9.17) is 4.74 Å². The van der Waals surface area contributed by atoms with Crippen molar-refractivity contribution < 1.29 is 14.6 Å². The Balaban J connectivity index is 2.13. The summed E-state index contributed by atoms with van der Waals surface area (Å²) >= 11 is 0. The third-order valence-electron chi connectivity index (χ3n) is 3.72. The Morgan fingerprint density at radius 2 is 1.92 bits per heavy atom. The Bertz CT molecular complexity index is 646. The fraction of sp³-hybridized carbons (Fsp3) is 0.368. The van der Waals surface area contributed by atoms with Gasteiger partial charge >= 0.3 is 5.97 Å². The second-order valence-electron chi connectivity index (χ2n) is 5.95. The van der Waals surface area contributed by atoms with E-state index >= 15 is 0 Å². The zero-order chi connectivity index (χ0) is 17.4. The summed E-state index contributed by atoms with van der Waals surface area (Å²) in [7, 11) is 1.35. The van der Waals surface area contributed by atoms with Crippen molar-refractivity contribution in [3.05, 3.63) is 65.5 Å². The summed E-state index contributed by atoms with van der Waals surface area (Å²) in [5.41, 5.74) is 2.32. The minimum Gasteiger partial charge on any atom is -0.464 e. The van der Waals surface area contributed by atoms with Crippen molar-refractivity contribution in [1.82, 2.24) is 9.88 Å². The molecule has 0 radical (unpaired) electrons. The molecule has 2 aromatic rings. The number of esters is 1. The van der Waals surface area contributed by atoms with Crippen molar-refractivity contribution >= 4 is 5.97 Å². The van der Waals surface area contributed by atoms with Gasteiger partial charge in [-0.3, -0.25) is 4.90 Å². The van der Waals surface area contributed by atoms with Crippen molar-refractivity contribution in [2.45, 2.75) is 20.0 Å². The molecular weight excluding hydrogens is 304 g/mol. The van der Waals surface area contributed by atoms with Crippen molar-refractivity contribution in [2.24, 2.45) is 5.92 Å². The van der Waals surface area contributed by atoms with E-state index in [0.29, 0.717) is 12.2 Å². The molecule has 0 aliphatic heterocycles. The Kier molecular flexibility index (Phi) is 6.90.